The number of anilines is 2. The first-order chi connectivity index (χ1) is 10.5. The highest BCUT2D eigenvalue weighted by Crippen LogP contribution is 2.22. The van der Waals surface area contributed by atoms with E-state index in [1.165, 1.54) is 6.33 Å². The molecule has 1 saturated heterocycles. The fourth-order valence-electron chi connectivity index (χ4n) is 2.63. The van der Waals surface area contributed by atoms with Crippen LogP contribution in [0.15, 0.2) is 6.33 Å². The van der Waals surface area contributed by atoms with Crippen LogP contribution in [0.25, 0.3) is 0 Å². The molecule has 0 spiro atoms. The van der Waals surface area contributed by atoms with E-state index in [1.54, 1.807) is 6.92 Å². The van der Waals surface area contributed by atoms with Crippen LogP contribution in [0.1, 0.15) is 53.0 Å². The summed E-state index contributed by atoms with van der Waals surface area (Å²) in [5, 5.41) is 11.2. The van der Waals surface area contributed by atoms with Gasteiger partial charge in [0.2, 0.25) is 0 Å². The van der Waals surface area contributed by atoms with Gasteiger partial charge in [-0.15, -0.1) is 0 Å². The van der Waals surface area contributed by atoms with Crippen molar-refractivity contribution in [3.8, 4) is 0 Å². The second-order valence-corrected chi connectivity index (χ2v) is 5.66. The van der Waals surface area contributed by atoms with Gasteiger partial charge in [0.25, 0.3) is 0 Å². The lowest BCUT2D eigenvalue weighted by Crippen LogP contribution is -2.42. The van der Waals surface area contributed by atoms with Crippen molar-refractivity contribution < 1.29 is 0 Å². The molecule has 0 bridgehead atoms. The smallest absolute Gasteiger partial charge is 0.140 e. The zero-order valence-corrected chi connectivity index (χ0v) is 14.5. The number of hydrogen-bond donors (Lipinski definition) is 3. The van der Waals surface area contributed by atoms with E-state index in [0.717, 1.165) is 25.9 Å². The summed E-state index contributed by atoms with van der Waals surface area (Å²) in [6.07, 6.45) is 3.62. The minimum Gasteiger partial charge on any atom is -0.383 e. The van der Waals surface area contributed by atoms with Crippen LogP contribution in [0.4, 0.5) is 11.6 Å². The van der Waals surface area contributed by atoms with Gasteiger partial charge < -0.3 is 21.4 Å². The molecule has 2 rings (SSSR count). The van der Waals surface area contributed by atoms with Gasteiger partial charge in [-0.25, -0.2) is 9.97 Å². The van der Waals surface area contributed by atoms with Crippen LogP contribution in [-0.4, -0.2) is 45.8 Å². The zero-order valence-electron chi connectivity index (χ0n) is 14.5. The third-order valence-corrected chi connectivity index (χ3v) is 3.85. The second-order valence-electron chi connectivity index (χ2n) is 5.66. The third-order valence-electron chi connectivity index (χ3n) is 3.85. The first kappa shape index (κ1) is 18.4. The Hall–Kier alpha value is -1.69. The number of likely N-dealkylation sites (tertiary alicyclic amines) is 1. The highest BCUT2D eigenvalue weighted by molar-refractivity contribution is 6.04. The van der Waals surface area contributed by atoms with E-state index in [4.69, 9.17) is 11.1 Å². The molecule has 0 aliphatic carbocycles. The lowest BCUT2D eigenvalue weighted by Gasteiger charge is -2.35. The molecule has 1 aromatic rings. The SMILES string of the molecule is CC.CC(=N)c1c(N)ncnc1NC1CCN(C(C)C)CC1. The number of nitrogens with zero attached hydrogens (tertiary/aromatic N) is 3. The average molecular weight is 306 g/mol. The van der Waals surface area contributed by atoms with E-state index >= 15 is 0 Å². The normalized spacial score (nSPS) is 16.1. The van der Waals surface area contributed by atoms with Gasteiger partial charge in [0.1, 0.15) is 18.0 Å². The van der Waals surface area contributed by atoms with Gasteiger partial charge in [0, 0.05) is 30.9 Å². The first-order valence-corrected chi connectivity index (χ1v) is 8.15. The molecule has 0 saturated carbocycles. The van der Waals surface area contributed by atoms with E-state index in [1.807, 2.05) is 13.8 Å². The van der Waals surface area contributed by atoms with Crippen LogP contribution in [0.5, 0.6) is 0 Å². The number of aromatic nitrogens is 2. The molecule has 1 aliphatic heterocycles. The van der Waals surface area contributed by atoms with Gasteiger partial charge in [0.05, 0.1) is 5.56 Å². The molecule has 124 valence electrons. The molecule has 2 heterocycles. The molecule has 0 atom stereocenters. The van der Waals surface area contributed by atoms with Crippen molar-refractivity contribution in [2.45, 2.75) is 59.5 Å². The topological polar surface area (TPSA) is 90.9 Å². The Bertz CT molecular complexity index is 478. The van der Waals surface area contributed by atoms with Crippen molar-refractivity contribution >= 4 is 17.3 Å². The standard InChI is InChI=1S/C14H24N6.C2H6/c1-9(2)20-6-4-11(5-7-20)19-14-12(10(3)15)13(16)17-8-18-14;1-2/h8-9,11,15H,4-7H2,1-3H3,(H3,16,17,18,19);1-2H3. The summed E-state index contributed by atoms with van der Waals surface area (Å²) in [4.78, 5) is 10.7. The molecule has 1 fully saturated rings. The van der Waals surface area contributed by atoms with E-state index in [9.17, 15) is 0 Å². The molecule has 22 heavy (non-hydrogen) atoms. The van der Waals surface area contributed by atoms with E-state index in [2.05, 4.69) is 34.0 Å². The van der Waals surface area contributed by atoms with Crippen molar-refractivity contribution in [2.75, 3.05) is 24.1 Å². The predicted molar refractivity (Wildman–Crippen MR) is 93.6 cm³/mol. The molecule has 6 nitrogen and oxygen atoms in total. The molecular formula is C16H30N6. The molecule has 1 aromatic heterocycles. The average Bonchev–Trinajstić information content (AvgIpc) is 2.49. The van der Waals surface area contributed by atoms with Gasteiger partial charge in [-0.2, -0.15) is 0 Å². The largest absolute Gasteiger partial charge is 0.383 e. The molecule has 0 radical (unpaired) electrons. The Kier molecular flexibility index (Phi) is 7.24. The summed E-state index contributed by atoms with van der Waals surface area (Å²) < 4.78 is 0. The maximum absolute atomic E-state index is 7.81. The fraction of sp³-hybridized carbons (Fsp3) is 0.688. The Morgan fingerprint density at radius 1 is 1.32 bits per heavy atom. The van der Waals surface area contributed by atoms with Crippen LogP contribution in [0, 0.1) is 5.41 Å². The van der Waals surface area contributed by atoms with Crippen LogP contribution < -0.4 is 11.1 Å². The van der Waals surface area contributed by atoms with Crippen molar-refractivity contribution in [1.82, 2.24) is 14.9 Å². The summed E-state index contributed by atoms with van der Waals surface area (Å²) in [6, 6.07) is 0.988. The van der Waals surface area contributed by atoms with Crippen LogP contribution in [0.2, 0.25) is 0 Å². The lowest BCUT2D eigenvalue weighted by atomic mass is 10.0. The number of nitrogens with one attached hydrogen (secondary N) is 2. The molecule has 0 unspecified atom stereocenters. The van der Waals surface area contributed by atoms with Crippen molar-refractivity contribution in [1.29, 1.82) is 5.41 Å². The Morgan fingerprint density at radius 2 is 1.91 bits per heavy atom. The molecule has 4 N–H and O–H groups in total. The summed E-state index contributed by atoms with van der Waals surface area (Å²) in [7, 11) is 0. The summed E-state index contributed by atoms with van der Waals surface area (Å²) >= 11 is 0. The lowest BCUT2D eigenvalue weighted by molar-refractivity contribution is 0.177. The van der Waals surface area contributed by atoms with Gasteiger partial charge >= 0.3 is 0 Å². The summed E-state index contributed by atoms with van der Waals surface area (Å²) in [6.45, 7) is 12.4. The minimum absolute atomic E-state index is 0.370. The first-order valence-electron chi connectivity index (χ1n) is 8.15. The number of piperidine rings is 1. The maximum Gasteiger partial charge on any atom is 0.140 e. The molecular weight excluding hydrogens is 276 g/mol. The van der Waals surface area contributed by atoms with Crippen molar-refractivity contribution in [3.63, 3.8) is 0 Å². The van der Waals surface area contributed by atoms with Gasteiger partial charge in [0.15, 0.2) is 0 Å². The number of rotatable bonds is 4. The monoisotopic (exact) mass is 306 g/mol. The zero-order chi connectivity index (χ0) is 16.7. The molecule has 6 heteroatoms. The van der Waals surface area contributed by atoms with E-state index < -0.39 is 0 Å². The number of nitrogen functional groups attached to an aromatic ring is 1. The predicted octanol–water partition coefficient (Wildman–Crippen LogP) is 2.76. The second kappa shape index (κ2) is 8.68. The fourth-order valence-corrected chi connectivity index (χ4v) is 2.63. The van der Waals surface area contributed by atoms with Gasteiger partial charge in [-0.1, -0.05) is 13.8 Å². The molecule has 0 amide bonds. The Morgan fingerprint density at radius 3 is 2.41 bits per heavy atom. The highest BCUT2D eigenvalue weighted by Gasteiger charge is 2.22. The quantitative estimate of drug-likeness (QED) is 0.744. The molecule has 0 aromatic carbocycles. The van der Waals surface area contributed by atoms with Gasteiger partial charge in [-0.3, -0.25) is 0 Å². The Labute approximate surface area is 134 Å². The van der Waals surface area contributed by atoms with Crippen LogP contribution in [-0.2, 0) is 0 Å². The van der Waals surface area contributed by atoms with Crippen molar-refractivity contribution in [3.05, 3.63) is 11.9 Å². The van der Waals surface area contributed by atoms with Gasteiger partial charge in [-0.05, 0) is 33.6 Å². The summed E-state index contributed by atoms with van der Waals surface area (Å²) in [5.74, 6) is 1.06. The van der Waals surface area contributed by atoms with Crippen LogP contribution >= 0.6 is 0 Å². The van der Waals surface area contributed by atoms with E-state index in [-0.39, 0.29) is 0 Å². The maximum atomic E-state index is 7.81. The molecule has 1 aliphatic rings. The van der Waals surface area contributed by atoms with Crippen LogP contribution in [0.3, 0.4) is 0 Å². The number of nitrogens with two attached hydrogens (primary N) is 1. The summed E-state index contributed by atoms with van der Waals surface area (Å²) in [5.41, 5.74) is 6.87. The Balaban J connectivity index is 0.00000116. The number of hydrogen-bond acceptors (Lipinski definition) is 6. The highest BCUT2D eigenvalue weighted by atomic mass is 15.2. The third kappa shape index (κ3) is 4.66. The van der Waals surface area contributed by atoms with Crippen molar-refractivity contribution in [2.24, 2.45) is 0 Å². The minimum atomic E-state index is 0.370. The van der Waals surface area contributed by atoms with E-state index in [0.29, 0.717) is 35.0 Å².